The molecule has 1 aromatic carbocycles. The van der Waals surface area contributed by atoms with Crippen LogP contribution in [0.5, 0.6) is 5.75 Å². The third-order valence-corrected chi connectivity index (χ3v) is 5.20. The smallest absolute Gasteiger partial charge is 0.329 e. The number of nitrogens with one attached hydrogen (secondary N) is 1. The maximum absolute atomic E-state index is 12.3. The number of amides is 1. The largest absolute Gasteiger partial charge is 0.480 e. The van der Waals surface area contributed by atoms with Gasteiger partial charge in [0.05, 0.1) is 5.02 Å². The molecule has 1 unspecified atom stereocenters. The average molecular weight is 378 g/mol. The fourth-order valence-corrected chi connectivity index (χ4v) is 3.91. The molecule has 0 aliphatic carbocycles. The number of halogens is 2. The van der Waals surface area contributed by atoms with Crippen LogP contribution in [0.1, 0.15) is 19.8 Å². The lowest BCUT2D eigenvalue weighted by Gasteiger charge is -2.34. The van der Waals surface area contributed by atoms with Crippen LogP contribution < -0.4 is 10.1 Å². The number of thioether (sulfide) groups is 1. The Labute approximate surface area is 148 Å². The fourth-order valence-electron chi connectivity index (χ4n) is 2.26. The summed E-state index contributed by atoms with van der Waals surface area (Å²) < 4.78 is 5.53. The fraction of sp³-hybridized carbons (Fsp3) is 0.467. The summed E-state index contributed by atoms with van der Waals surface area (Å²) in [7, 11) is 0. The van der Waals surface area contributed by atoms with Gasteiger partial charge in [0.2, 0.25) is 0 Å². The van der Waals surface area contributed by atoms with Gasteiger partial charge in [-0.25, -0.2) is 4.79 Å². The molecule has 0 spiro atoms. The maximum atomic E-state index is 12.3. The van der Waals surface area contributed by atoms with Crippen molar-refractivity contribution < 1.29 is 19.4 Å². The molecule has 5 nitrogen and oxygen atoms in total. The third-order valence-electron chi connectivity index (χ3n) is 3.69. The van der Waals surface area contributed by atoms with Crippen molar-refractivity contribution in [3.63, 3.8) is 0 Å². The summed E-state index contributed by atoms with van der Waals surface area (Å²) in [4.78, 5) is 23.9. The van der Waals surface area contributed by atoms with E-state index in [2.05, 4.69) is 5.32 Å². The average Bonchev–Trinajstić information content (AvgIpc) is 2.50. The van der Waals surface area contributed by atoms with Gasteiger partial charge < -0.3 is 15.2 Å². The Hall–Kier alpha value is -1.11. The molecule has 1 saturated heterocycles. The van der Waals surface area contributed by atoms with Crippen molar-refractivity contribution in [3.05, 3.63) is 28.2 Å². The van der Waals surface area contributed by atoms with Gasteiger partial charge in [0.15, 0.2) is 6.10 Å². The number of carboxylic acids is 1. The summed E-state index contributed by atoms with van der Waals surface area (Å²) in [6.07, 6.45) is -0.0835. The molecule has 1 aromatic rings. The number of carboxylic acid groups (broad SMARTS) is 1. The number of benzene rings is 1. The minimum absolute atomic E-state index is 0.291. The highest BCUT2D eigenvalue weighted by Gasteiger charge is 2.42. The number of hydrogen-bond acceptors (Lipinski definition) is 4. The summed E-state index contributed by atoms with van der Waals surface area (Å²) >= 11 is 13.5. The van der Waals surface area contributed by atoms with Gasteiger partial charge in [-0.05, 0) is 49.5 Å². The van der Waals surface area contributed by atoms with Crippen LogP contribution >= 0.6 is 35.0 Å². The van der Waals surface area contributed by atoms with E-state index in [9.17, 15) is 14.7 Å². The molecule has 1 heterocycles. The predicted octanol–water partition coefficient (Wildman–Crippen LogP) is 3.23. The zero-order valence-corrected chi connectivity index (χ0v) is 14.8. The van der Waals surface area contributed by atoms with Crippen molar-refractivity contribution in [3.8, 4) is 5.75 Å². The Kier molecular flexibility index (Phi) is 6.06. The molecule has 0 aromatic heterocycles. The van der Waals surface area contributed by atoms with Crippen LogP contribution in [0, 0.1) is 0 Å². The van der Waals surface area contributed by atoms with Crippen LogP contribution in [-0.4, -0.2) is 40.1 Å². The van der Waals surface area contributed by atoms with Gasteiger partial charge in [-0.1, -0.05) is 23.2 Å². The predicted molar refractivity (Wildman–Crippen MR) is 91.6 cm³/mol. The first-order chi connectivity index (χ1) is 10.8. The van der Waals surface area contributed by atoms with E-state index in [-0.39, 0.29) is 0 Å². The number of ether oxygens (including phenoxy) is 1. The molecule has 2 rings (SSSR count). The zero-order chi connectivity index (χ0) is 17.0. The van der Waals surface area contributed by atoms with E-state index in [1.807, 2.05) is 0 Å². The summed E-state index contributed by atoms with van der Waals surface area (Å²) in [6.45, 7) is 1.55. The normalized spacial score (nSPS) is 18.0. The molecule has 0 saturated carbocycles. The molecule has 23 heavy (non-hydrogen) atoms. The summed E-state index contributed by atoms with van der Waals surface area (Å²) in [6, 6.07) is 4.68. The molecule has 0 radical (unpaired) electrons. The highest BCUT2D eigenvalue weighted by molar-refractivity contribution is 7.99. The highest BCUT2D eigenvalue weighted by atomic mass is 35.5. The van der Waals surface area contributed by atoms with E-state index in [0.29, 0.717) is 40.1 Å². The molecular formula is C15H17Cl2NO4S. The maximum Gasteiger partial charge on any atom is 0.329 e. The van der Waals surface area contributed by atoms with Gasteiger partial charge in [-0.3, -0.25) is 4.79 Å². The molecule has 126 valence electrons. The molecule has 0 bridgehead atoms. The van der Waals surface area contributed by atoms with Crippen molar-refractivity contribution in [2.24, 2.45) is 0 Å². The second-order valence-electron chi connectivity index (χ2n) is 5.32. The van der Waals surface area contributed by atoms with Crippen LogP contribution in [0.4, 0.5) is 0 Å². The Bertz CT molecular complexity index is 605. The van der Waals surface area contributed by atoms with Crippen LogP contribution in [0.25, 0.3) is 0 Å². The Morgan fingerprint density at radius 2 is 2.00 bits per heavy atom. The summed E-state index contributed by atoms with van der Waals surface area (Å²) in [5, 5.41) is 12.9. The van der Waals surface area contributed by atoms with E-state index < -0.39 is 23.5 Å². The second kappa shape index (κ2) is 7.64. The first-order valence-electron chi connectivity index (χ1n) is 7.09. The monoisotopic (exact) mass is 377 g/mol. The van der Waals surface area contributed by atoms with E-state index in [4.69, 9.17) is 27.9 Å². The van der Waals surface area contributed by atoms with Crippen LogP contribution in [0.15, 0.2) is 18.2 Å². The molecule has 8 heteroatoms. The lowest BCUT2D eigenvalue weighted by Crippen LogP contribution is -2.58. The Balaban J connectivity index is 2.05. The van der Waals surface area contributed by atoms with Gasteiger partial charge >= 0.3 is 5.97 Å². The topological polar surface area (TPSA) is 75.6 Å². The number of carbonyl (C=O) groups excluding carboxylic acids is 1. The minimum atomic E-state index is -1.22. The minimum Gasteiger partial charge on any atom is -0.480 e. The highest BCUT2D eigenvalue weighted by Crippen LogP contribution is 2.30. The molecule has 1 fully saturated rings. The van der Waals surface area contributed by atoms with Crippen molar-refractivity contribution in [2.75, 3.05) is 11.5 Å². The third kappa shape index (κ3) is 4.46. The Morgan fingerprint density at radius 1 is 1.35 bits per heavy atom. The van der Waals surface area contributed by atoms with Gasteiger partial charge in [0.1, 0.15) is 11.3 Å². The first-order valence-corrected chi connectivity index (χ1v) is 9.00. The van der Waals surface area contributed by atoms with Gasteiger partial charge in [0.25, 0.3) is 5.91 Å². The summed E-state index contributed by atoms with van der Waals surface area (Å²) in [5.41, 5.74) is -1.22. The van der Waals surface area contributed by atoms with Crippen LogP contribution in [-0.2, 0) is 9.59 Å². The molecule has 1 aliphatic rings. The SMILES string of the molecule is CC(Oc1ccc(Cl)cc1Cl)C(=O)NC1(C(=O)O)CCSCC1. The molecule has 1 atom stereocenters. The van der Waals surface area contributed by atoms with Gasteiger partial charge in [-0.15, -0.1) is 0 Å². The lowest BCUT2D eigenvalue weighted by molar-refractivity contribution is -0.149. The van der Waals surface area contributed by atoms with Gasteiger partial charge in [-0.2, -0.15) is 11.8 Å². The van der Waals surface area contributed by atoms with Crippen LogP contribution in [0.3, 0.4) is 0 Å². The first kappa shape index (κ1) is 18.2. The number of hydrogen-bond donors (Lipinski definition) is 2. The molecule has 2 N–H and O–H groups in total. The van der Waals surface area contributed by atoms with Gasteiger partial charge in [0, 0.05) is 5.02 Å². The van der Waals surface area contributed by atoms with E-state index in [1.54, 1.807) is 30.8 Å². The Morgan fingerprint density at radius 3 is 2.57 bits per heavy atom. The van der Waals surface area contributed by atoms with Crippen molar-refractivity contribution in [1.82, 2.24) is 5.32 Å². The van der Waals surface area contributed by atoms with Crippen molar-refractivity contribution in [1.29, 1.82) is 0 Å². The molecular weight excluding hydrogens is 361 g/mol. The quantitative estimate of drug-likeness (QED) is 0.823. The number of carbonyl (C=O) groups is 2. The number of rotatable bonds is 5. The van der Waals surface area contributed by atoms with E-state index in [0.717, 1.165) is 0 Å². The lowest BCUT2D eigenvalue weighted by atomic mass is 9.92. The molecule has 1 amide bonds. The molecule has 1 aliphatic heterocycles. The number of aliphatic carboxylic acids is 1. The summed E-state index contributed by atoms with van der Waals surface area (Å²) in [5.74, 6) is 0.228. The second-order valence-corrected chi connectivity index (χ2v) is 7.39. The zero-order valence-electron chi connectivity index (χ0n) is 12.5. The van der Waals surface area contributed by atoms with Crippen molar-refractivity contribution in [2.45, 2.75) is 31.4 Å². The van der Waals surface area contributed by atoms with E-state index >= 15 is 0 Å². The van der Waals surface area contributed by atoms with Crippen molar-refractivity contribution >= 4 is 46.8 Å². The van der Waals surface area contributed by atoms with E-state index in [1.165, 1.54) is 6.07 Å². The standard InChI is InChI=1S/C15H17Cl2NO4S/c1-9(22-12-3-2-10(16)8-11(12)17)13(19)18-15(14(20)21)4-6-23-7-5-15/h2-3,8-9H,4-7H2,1H3,(H,18,19)(H,20,21). The van der Waals surface area contributed by atoms with Crippen LogP contribution in [0.2, 0.25) is 10.0 Å².